The minimum Gasteiger partial charge on any atom is -0.449 e. The van der Waals surface area contributed by atoms with Gasteiger partial charge in [-0.2, -0.15) is 0 Å². The van der Waals surface area contributed by atoms with Crippen molar-refractivity contribution in [1.82, 2.24) is 5.32 Å². The number of esters is 1. The Balaban J connectivity index is 1.58. The van der Waals surface area contributed by atoms with Gasteiger partial charge in [-0.25, -0.2) is 13.2 Å². The Morgan fingerprint density at radius 1 is 1.03 bits per heavy atom. The summed E-state index contributed by atoms with van der Waals surface area (Å²) < 4.78 is 30.6. The summed E-state index contributed by atoms with van der Waals surface area (Å²) in [5.74, 6) is -0.907. The van der Waals surface area contributed by atoms with E-state index in [1.165, 1.54) is 23.4 Å². The lowest BCUT2D eigenvalue weighted by Crippen LogP contribution is -2.37. The molecule has 0 bridgehead atoms. The zero-order chi connectivity index (χ0) is 21.0. The first kappa shape index (κ1) is 20.9. The molecule has 0 aliphatic carbocycles. The molecule has 3 rings (SSSR count). The highest BCUT2D eigenvalue weighted by molar-refractivity contribution is 7.93. The second-order valence-electron chi connectivity index (χ2n) is 6.98. The van der Waals surface area contributed by atoms with E-state index in [-0.39, 0.29) is 17.4 Å². The molecule has 1 saturated heterocycles. The molecule has 2 aromatic rings. The van der Waals surface area contributed by atoms with E-state index in [2.05, 4.69) is 5.32 Å². The maximum Gasteiger partial charge on any atom is 0.338 e. The van der Waals surface area contributed by atoms with E-state index >= 15 is 0 Å². The summed E-state index contributed by atoms with van der Waals surface area (Å²) in [5.41, 5.74) is 1.72. The average Bonchev–Trinajstić information content (AvgIpc) is 3.07. The van der Waals surface area contributed by atoms with Gasteiger partial charge in [0.25, 0.3) is 5.91 Å². The van der Waals surface area contributed by atoms with Crippen LogP contribution in [-0.2, 0) is 19.6 Å². The molecule has 1 fully saturated rings. The summed E-state index contributed by atoms with van der Waals surface area (Å²) in [6.45, 7) is 3.80. The van der Waals surface area contributed by atoms with Gasteiger partial charge in [-0.15, -0.1) is 0 Å². The van der Waals surface area contributed by atoms with Gasteiger partial charge >= 0.3 is 5.97 Å². The number of benzene rings is 2. The molecule has 1 aliphatic rings. The summed E-state index contributed by atoms with van der Waals surface area (Å²) in [5, 5.41) is 2.82. The van der Waals surface area contributed by atoms with Crippen LogP contribution in [0.5, 0.6) is 0 Å². The molecule has 1 amide bonds. The smallest absolute Gasteiger partial charge is 0.338 e. The number of nitrogens with one attached hydrogen (secondary N) is 1. The van der Waals surface area contributed by atoms with E-state index in [9.17, 15) is 18.0 Å². The number of hydrogen-bond acceptors (Lipinski definition) is 5. The van der Waals surface area contributed by atoms with E-state index in [0.29, 0.717) is 18.7 Å². The van der Waals surface area contributed by atoms with Gasteiger partial charge in [0.2, 0.25) is 10.0 Å². The maximum atomic E-state index is 12.3. The third-order valence-corrected chi connectivity index (χ3v) is 6.67. The van der Waals surface area contributed by atoms with Crippen molar-refractivity contribution in [2.24, 2.45) is 0 Å². The quantitative estimate of drug-likeness (QED) is 0.731. The topological polar surface area (TPSA) is 92.8 Å². The first-order valence-corrected chi connectivity index (χ1v) is 11.1. The van der Waals surface area contributed by atoms with Gasteiger partial charge < -0.3 is 10.1 Å². The van der Waals surface area contributed by atoms with Crippen LogP contribution >= 0.6 is 0 Å². The fourth-order valence-electron chi connectivity index (χ4n) is 3.13. The largest absolute Gasteiger partial charge is 0.449 e. The van der Waals surface area contributed by atoms with Crippen LogP contribution in [0.25, 0.3) is 0 Å². The van der Waals surface area contributed by atoms with Crippen LogP contribution in [0.1, 0.15) is 42.2 Å². The minimum absolute atomic E-state index is 0.130. The Morgan fingerprint density at radius 3 is 2.28 bits per heavy atom. The summed E-state index contributed by atoms with van der Waals surface area (Å²) in [6.07, 6.45) is -0.382. The summed E-state index contributed by atoms with van der Waals surface area (Å²) in [4.78, 5) is 24.7. The van der Waals surface area contributed by atoms with Gasteiger partial charge in [-0.1, -0.05) is 30.3 Å². The molecule has 1 aliphatic heterocycles. The van der Waals surface area contributed by atoms with Gasteiger partial charge in [0.05, 0.1) is 23.0 Å². The first-order chi connectivity index (χ1) is 13.8. The molecule has 0 spiro atoms. The zero-order valence-electron chi connectivity index (χ0n) is 16.4. The highest BCUT2D eigenvalue weighted by Crippen LogP contribution is 2.24. The molecule has 2 atom stereocenters. The molecule has 2 aromatic carbocycles. The Bertz CT molecular complexity index is 974. The fraction of sp³-hybridized carbons (Fsp3) is 0.333. The van der Waals surface area contributed by atoms with Crippen molar-refractivity contribution in [2.45, 2.75) is 32.4 Å². The highest BCUT2D eigenvalue weighted by Gasteiger charge is 2.28. The van der Waals surface area contributed by atoms with E-state index in [1.54, 1.807) is 12.1 Å². The molecule has 8 heteroatoms. The Morgan fingerprint density at radius 2 is 1.69 bits per heavy atom. The van der Waals surface area contributed by atoms with Crippen molar-refractivity contribution in [3.63, 3.8) is 0 Å². The number of hydrogen-bond donors (Lipinski definition) is 1. The van der Waals surface area contributed by atoms with Gasteiger partial charge in [-0.05, 0) is 50.1 Å². The van der Waals surface area contributed by atoms with E-state index < -0.39 is 28.0 Å². The van der Waals surface area contributed by atoms with Crippen LogP contribution in [0.4, 0.5) is 5.69 Å². The molecule has 0 radical (unpaired) electrons. The van der Waals surface area contributed by atoms with Gasteiger partial charge in [-0.3, -0.25) is 9.10 Å². The standard InChI is InChI=1S/C21H24N2O5S/c1-15(17-7-4-3-5-8-17)22-20(24)16(2)28-21(25)18-9-11-19(12-10-18)23-13-6-14-29(23,26)27/h3-5,7-12,15-16H,6,13-14H2,1-2H3,(H,22,24). The molecule has 154 valence electrons. The Labute approximate surface area is 170 Å². The average molecular weight is 416 g/mol. The molecule has 1 heterocycles. The number of anilines is 1. The predicted molar refractivity (Wildman–Crippen MR) is 110 cm³/mol. The second kappa shape index (κ2) is 8.65. The number of sulfonamides is 1. The SMILES string of the molecule is CC(OC(=O)c1ccc(N2CCCS2(=O)=O)cc1)C(=O)NC(C)c1ccccc1. The van der Waals surface area contributed by atoms with Crippen molar-refractivity contribution in [2.75, 3.05) is 16.6 Å². The van der Waals surface area contributed by atoms with Crippen LogP contribution in [0, 0.1) is 0 Å². The van der Waals surface area contributed by atoms with Crippen LogP contribution in [0.15, 0.2) is 54.6 Å². The Kier molecular flexibility index (Phi) is 6.22. The predicted octanol–water partition coefficient (Wildman–Crippen LogP) is 2.65. The third-order valence-electron chi connectivity index (χ3n) is 4.80. The van der Waals surface area contributed by atoms with Crippen molar-refractivity contribution in [1.29, 1.82) is 0 Å². The summed E-state index contributed by atoms with van der Waals surface area (Å²) >= 11 is 0. The van der Waals surface area contributed by atoms with E-state index in [1.807, 2.05) is 37.3 Å². The second-order valence-corrected chi connectivity index (χ2v) is 8.99. The van der Waals surface area contributed by atoms with Crippen molar-refractivity contribution >= 4 is 27.6 Å². The lowest BCUT2D eigenvalue weighted by molar-refractivity contribution is -0.129. The van der Waals surface area contributed by atoms with Crippen molar-refractivity contribution in [3.05, 3.63) is 65.7 Å². The molecule has 29 heavy (non-hydrogen) atoms. The molecule has 1 N–H and O–H groups in total. The van der Waals surface area contributed by atoms with Gasteiger partial charge in [0, 0.05) is 6.54 Å². The monoisotopic (exact) mass is 416 g/mol. The molecule has 0 saturated carbocycles. The fourth-order valence-corrected chi connectivity index (χ4v) is 4.70. The molecular formula is C21H24N2O5S. The number of carbonyl (C=O) groups is 2. The van der Waals surface area contributed by atoms with Gasteiger partial charge in [0.1, 0.15) is 0 Å². The van der Waals surface area contributed by atoms with Crippen molar-refractivity contribution < 1.29 is 22.7 Å². The Hall–Kier alpha value is -2.87. The summed E-state index contributed by atoms with van der Waals surface area (Å²) in [6, 6.07) is 15.4. The first-order valence-electron chi connectivity index (χ1n) is 9.45. The number of carbonyl (C=O) groups excluding carboxylic acids is 2. The molecule has 7 nitrogen and oxygen atoms in total. The third kappa shape index (κ3) is 4.95. The summed E-state index contributed by atoms with van der Waals surface area (Å²) in [7, 11) is -3.27. The number of amides is 1. The lowest BCUT2D eigenvalue weighted by Gasteiger charge is -2.19. The van der Waals surface area contributed by atoms with E-state index in [4.69, 9.17) is 4.74 Å². The zero-order valence-corrected chi connectivity index (χ0v) is 17.2. The highest BCUT2D eigenvalue weighted by atomic mass is 32.2. The molecule has 0 aromatic heterocycles. The normalized spacial score (nSPS) is 17.4. The van der Waals surface area contributed by atoms with Crippen molar-refractivity contribution in [3.8, 4) is 0 Å². The van der Waals surface area contributed by atoms with Crippen LogP contribution in [-0.4, -0.2) is 38.7 Å². The van der Waals surface area contributed by atoms with Gasteiger partial charge in [0.15, 0.2) is 6.10 Å². The number of rotatable bonds is 6. The maximum absolute atomic E-state index is 12.3. The number of ether oxygens (including phenoxy) is 1. The molecular weight excluding hydrogens is 392 g/mol. The minimum atomic E-state index is -3.27. The molecule has 2 unspecified atom stereocenters. The van der Waals surface area contributed by atoms with Crippen LogP contribution in [0.2, 0.25) is 0 Å². The van der Waals surface area contributed by atoms with Crippen LogP contribution in [0.3, 0.4) is 0 Å². The number of nitrogens with zero attached hydrogens (tertiary/aromatic N) is 1. The van der Waals surface area contributed by atoms with Crippen LogP contribution < -0.4 is 9.62 Å². The lowest BCUT2D eigenvalue weighted by atomic mass is 10.1. The van der Waals surface area contributed by atoms with E-state index in [0.717, 1.165) is 5.56 Å².